The molecule has 3 fully saturated rings. The number of hydrogen-bond donors (Lipinski definition) is 0. The molecule has 3 aliphatic rings. The van der Waals surface area contributed by atoms with Gasteiger partial charge < -0.3 is 4.90 Å². The number of unbranched alkanes of at least 4 members (excludes halogenated alkanes) is 3. The molecule has 0 radical (unpaired) electrons. The summed E-state index contributed by atoms with van der Waals surface area (Å²) in [5, 5.41) is 0. The van der Waals surface area contributed by atoms with Gasteiger partial charge in [0, 0.05) is 5.54 Å². The van der Waals surface area contributed by atoms with Crippen LogP contribution in [0.1, 0.15) is 85.5 Å². The first-order chi connectivity index (χ1) is 9.80. The smallest absolute Gasteiger partial charge is 0.0188 e. The molecular formula is C20H37N. The van der Waals surface area contributed by atoms with Crippen LogP contribution >= 0.6 is 0 Å². The zero-order valence-electron chi connectivity index (χ0n) is 15.2. The highest BCUT2D eigenvalue weighted by Gasteiger charge is 2.63. The fourth-order valence-electron chi connectivity index (χ4n) is 6.69. The topological polar surface area (TPSA) is 3.24 Å². The van der Waals surface area contributed by atoms with Crippen molar-refractivity contribution in [3.63, 3.8) is 0 Å². The predicted molar refractivity (Wildman–Crippen MR) is 91.5 cm³/mol. The molecule has 5 atom stereocenters. The molecule has 0 heterocycles. The molecule has 0 aromatic rings. The Hall–Kier alpha value is -0.0400. The van der Waals surface area contributed by atoms with E-state index in [0.29, 0.717) is 16.4 Å². The van der Waals surface area contributed by atoms with Crippen molar-refractivity contribution in [3.8, 4) is 0 Å². The first-order valence-electron chi connectivity index (χ1n) is 9.52. The molecule has 3 saturated carbocycles. The highest BCUT2D eigenvalue weighted by Crippen LogP contribution is 2.70. The number of hydrogen-bond acceptors (Lipinski definition) is 1. The molecule has 1 nitrogen and oxygen atoms in total. The van der Waals surface area contributed by atoms with E-state index >= 15 is 0 Å². The fourth-order valence-corrected chi connectivity index (χ4v) is 6.69. The lowest BCUT2D eigenvalue weighted by molar-refractivity contribution is -0.0615. The van der Waals surface area contributed by atoms with Gasteiger partial charge in [-0.2, -0.15) is 0 Å². The summed E-state index contributed by atoms with van der Waals surface area (Å²) in [4.78, 5) is 2.74. The quantitative estimate of drug-likeness (QED) is 0.585. The Morgan fingerprint density at radius 1 is 0.952 bits per heavy atom. The van der Waals surface area contributed by atoms with Crippen LogP contribution in [-0.4, -0.2) is 24.0 Å². The van der Waals surface area contributed by atoms with Crippen molar-refractivity contribution < 1.29 is 0 Å². The Kier molecular flexibility index (Phi) is 3.96. The summed E-state index contributed by atoms with van der Waals surface area (Å²) in [7, 11) is 2.41. The second-order valence-electron chi connectivity index (χ2n) is 9.78. The molecule has 2 bridgehead atoms. The molecule has 0 spiro atoms. The number of nitrogens with zero attached hydrogens (tertiary/aromatic N) is 1. The molecule has 0 N–H and O–H groups in total. The largest absolute Gasteiger partial charge is 0.301 e. The first-order valence-corrected chi connectivity index (χ1v) is 9.52. The van der Waals surface area contributed by atoms with Gasteiger partial charge in [0.15, 0.2) is 0 Å². The molecule has 1 heteroatoms. The Bertz CT molecular complexity index is 383. The Morgan fingerprint density at radius 2 is 1.71 bits per heavy atom. The van der Waals surface area contributed by atoms with E-state index in [1.807, 2.05) is 0 Å². The summed E-state index contributed by atoms with van der Waals surface area (Å²) in [5.41, 5.74) is 1.73. The van der Waals surface area contributed by atoms with Crippen molar-refractivity contribution in [1.29, 1.82) is 0 Å². The van der Waals surface area contributed by atoms with Crippen LogP contribution in [0.3, 0.4) is 0 Å². The van der Waals surface area contributed by atoms with Crippen molar-refractivity contribution in [3.05, 3.63) is 0 Å². The van der Waals surface area contributed by atoms with Gasteiger partial charge in [-0.25, -0.2) is 0 Å². The summed E-state index contributed by atoms with van der Waals surface area (Å²) >= 11 is 0. The average Bonchev–Trinajstić information content (AvgIpc) is 2.63. The normalized spacial score (nSPS) is 48.3. The lowest BCUT2D eigenvalue weighted by Gasteiger charge is -2.56. The van der Waals surface area contributed by atoms with Gasteiger partial charge in [-0.3, -0.25) is 0 Å². The van der Waals surface area contributed by atoms with E-state index in [-0.39, 0.29) is 0 Å². The van der Waals surface area contributed by atoms with Crippen molar-refractivity contribution >= 4 is 0 Å². The van der Waals surface area contributed by atoms with Crippen LogP contribution in [0.15, 0.2) is 0 Å². The standard InChI is InChI=1S/C20H37N/c1-6-7-8-9-10-21(5)20(4)14-18(2)11-16-12-19(3,15-20)17(16)13-18/h16-17H,6-15H2,1-5H3. The third kappa shape index (κ3) is 2.69. The Labute approximate surface area is 132 Å². The molecule has 0 saturated heterocycles. The summed E-state index contributed by atoms with van der Waals surface area (Å²) in [6.07, 6.45) is 13.0. The lowest BCUT2D eigenvalue weighted by atomic mass is 9.52. The molecule has 21 heavy (non-hydrogen) atoms. The van der Waals surface area contributed by atoms with Crippen LogP contribution in [0.5, 0.6) is 0 Å². The molecule has 0 amide bonds. The van der Waals surface area contributed by atoms with Crippen LogP contribution in [0.2, 0.25) is 0 Å². The van der Waals surface area contributed by atoms with Gasteiger partial charge in [-0.15, -0.1) is 0 Å². The monoisotopic (exact) mass is 291 g/mol. The minimum atomic E-state index is 0.440. The minimum absolute atomic E-state index is 0.440. The summed E-state index contributed by atoms with van der Waals surface area (Å²) in [6, 6.07) is 0. The predicted octanol–water partition coefficient (Wildman–Crippen LogP) is 5.49. The molecule has 5 unspecified atom stereocenters. The Morgan fingerprint density at radius 3 is 2.43 bits per heavy atom. The van der Waals surface area contributed by atoms with Gasteiger partial charge in [0.05, 0.1) is 0 Å². The molecule has 3 rings (SSSR count). The zero-order chi connectivity index (χ0) is 15.3. The zero-order valence-corrected chi connectivity index (χ0v) is 15.2. The molecule has 122 valence electrons. The van der Waals surface area contributed by atoms with E-state index < -0.39 is 0 Å². The summed E-state index contributed by atoms with van der Waals surface area (Å²) < 4.78 is 0. The van der Waals surface area contributed by atoms with Gasteiger partial charge in [0.2, 0.25) is 0 Å². The van der Waals surface area contributed by atoms with E-state index in [1.54, 1.807) is 0 Å². The van der Waals surface area contributed by atoms with Crippen LogP contribution in [0.4, 0.5) is 0 Å². The first kappa shape index (κ1) is 15.8. The van der Waals surface area contributed by atoms with E-state index in [4.69, 9.17) is 0 Å². The van der Waals surface area contributed by atoms with Crippen molar-refractivity contribution in [2.45, 2.75) is 91.0 Å². The summed E-state index contributed by atoms with van der Waals surface area (Å²) in [6.45, 7) is 11.4. The lowest BCUT2D eigenvalue weighted by Crippen LogP contribution is -2.54. The third-order valence-electron chi connectivity index (χ3n) is 7.52. The molecule has 0 aromatic heterocycles. The van der Waals surface area contributed by atoms with E-state index in [1.165, 1.54) is 64.3 Å². The average molecular weight is 292 g/mol. The SMILES string of the molecule is CCCCCCN(C)C1(C)CC2(C)CC3CC(C)(C1)C3C2. The van der Waals surface area contributed by atoms with Gasteiger partial charge in [0.25, 0.3) is 0 Å². The van der Waals surface area contributed by atoms with Crippen LogP contribution in [0, 0.1) is 22.7 Å². The van der Waals surface area contributed by atoms with Gasteiger partial charge in [0.1, 0.15) is 0 Å². The molecule has 0 aromatic carbocycles. The van der Waals surface area contributed by atoms with Crippen molar-refractivity contribution in [2.75, 3.05) is 13.6 Å². The van der Waals surface area contributed by atoms with Crippen molar-refractivity contribution in [1.82, 2.24) is 4.90 Å². The second kappa shape index (κ2) is 5.25. The van der Waals surface area contributed by atoms with Crippen LogP contribution in [0.25, 0.3) is 0 Å². The van der Waals surface area contributed by atoms with Crippen LogP contribution in [-0.2, 0) is 0 Å². The maximum absolute atomic E-state index is 2.74. The van der Waals surface area contributed by atoms with Gasteiger partial charge >= 0.3 is 0 Å². The van der Waals surface area contributed by atoms with E-state index in [0.717, 1.165) is 11.8 Å². The maximum Gasteiger partial charge on any atom is 0.0188 e. The minimum Gasteiger partial charge on any atom is -0.301 e. The highest BCUT2D eigenvalue weighted by molar-refractivity contribution is 5.14. The molecule has 0 aliphatic heterocycles. The molecular weight excluding hydrogens is 254 g/mol. The number of fused-ring (bicyclic) bond motifs is 1. The highest BCUT2D eigenvalue weighted by atomic mass is 15.2. The Balaban J connectivity index is 1.68. The second-order valence-corrected chi connectivity index (χ2v) is 9.78. The summed E-state index contributed by atoms with van der Waals surface area (Å²) in [5.74, 6) is 2.14. The van der Waals surface area contributed by atoms with Crippen LogP contribution < -0.4 is 0 Å². The van der Waals surface area contributed by atoms with Crippen molar-refractivity contribution in [2.24, 2.45) is 22.7 Å². The van der Waals surface area contributed by atoms with Gasteiger partial charge in [-0.05, 0) is 81.7 Å². The third-order valence-corrected chi connectivity index (χ3v) is 7.52. The number of rotatable bonds is 6. The fraction of sp³-hybridized carbons (Fsp3) is 1.00. The maximum atomic E-state index is 2.74. The molecule has 3 aliphatic carbocycles. The van der Waals surface area contributed by atoms with Gasteiger partial charge in [-0.1, -0.05) is 40.0 Å². The van der Waals surface area contributed by atoms with E-state index in [9.17, 15) is 0 Å². The van der Waals surface area contributed by atoms with E-state index in [2.05, 4.69) is 39.6 Å².